The number of hydrogen-bond acceptors (Lipinski definition) is 3. The predicted molar refractivity (Wildman–Crippen MR) is 105 cm³/mol. The molecule has 1 saturated carbocycles. The molecule has 0 unspecified atom stereocenters. The topological polar surface area (TPSA) is 58.6 Å². The Hall–Kier alpha value is -1.55. The van der Waals surface area contributed by atoms with Gasteiger partial charge in [-0.15, -0.1) is 0 Å². The van der Waals surface area contributed by atoms with Crippen molar-refractivity contribution in [2.75, 3.05) is 13.2 Å². The quantitative estimate of drug-likeness (QED) is 0.734. The second kappa shape index (κ2) is 8.43. The SMILES string of the molecule is C[C@H](CCO)C1(CNC(=O)[C@@H](C)Oc2cccc(C(C)(C)C)c2)CCC1. The number of benzene rings is 1. The Kier molecular flexibility index (Phi) is 6.73. The van der Waals surface area contributed by atoms with Gasteiger partial charge in [0.05, 0.1) is 0 Å². The number of aliphatic hydroxyl groups excluding tert-OH is 1. The van der Waals surface area contributed by atoms with Crippen molar-refractivity contribution in [1.29, 1.82) is 0 Å². The highest BCUT2D eigenvalue weighted by molar-refractivity contribution is 5.80. The highest BCUT2D eigenvalue weighted by atomic mass is 16.5. The summed E-state index contributed by atoms with van der Waals surface area (Å²) in [5.74, 6) is 1.07. The Balaban J connectivity index is 1.92. The molecular formula is C22H35NO3. The van der Waals surface area contributed by atoms with Crippen LogP contribution in [0.1, 0.15) is 65.9 Å². The van der Waals surface area contributed by atoms with E-state index < -0.39 is 6.10 Å². The maximum absolute atomic E-state index is 12.5. The van der Waals surface area contributed by atoms with Crippen molar-refractivity contribution in [2.45, 2.75) is 71.8 Å². The van der Waals surface area contributed by atoms with Crippen LogP contribution in [-0.4, -0.2) is 30.3 Å². The summed E-state index contributed by atoms with van der Waals surface area (Å²) in [6, 6.07) is 7.97. The number of carbonyl (C=O) groups excluding carboxylic acids is 1. The van der Waals surface area contributed by atoms with E-state index in [1.165, 1.54) is 12.0 Å². The van der Waals surface area contributed by atoms with E-state index >= 15 is 0 Å². The minimum Gasteiger partial charge on any atom is -0.481 e. The molecule has 2 rings (SSSR count). The van der Waals surface area contributed by atoms with Gasteiger partial charge < -0.3 is 15.2 Å². The average molecular weight is 362 g/mol. The molecule has 0 radical (unpaired) electrons. The van der Waals surface area contributed by atoms with E-state index in [9.17, 15) is 9.90 Å². The molecule has 1 aromatic carbocycles. The molecule has 2 atom stereocenters. The maximum atomic E-state index is 12.5. The molecule has 0 saturated heterocycles. The molecule has 146 valence electrons. The van der Waals surface area contributed by atoms with Crippen molar-refractivity contribution in [3.63, 3.8) is 0 Å². The van der Waals surface area contributed by atoms with Crippen molar-refractivity contribution in [1.82, 2.24) is 5.32 Å². The molecule has 1 amide bonds. The summed E-state index contributed by atoms with van der Waals surface area (Å²) in [4.78, 5) is 12.5. The van der Waals surface area contributed by atoms with Crippen LogP contribution < -0.4 is 10.1 Å². The van der Waals surface area contributed by atoms with E-state index in [1.54, 1.807) is 6.92 Å². The second-order valence-corrected chi connectivity index (χ2v) is 8.88. The summed E-state index contributed by atoms with van der Waals surface area (Å²) >= 11 is 0. The van der Waals surface area contributed by atoms with E-state index in [2.05, 4.69) is 39.1 Å². The zero-order valence-corrected chi connectivity index (χ0v) is 17.0. The van der Waals surface area contributed by atoms with E-state index in [4.69, 9.17) is 4.74 Å². The first-order valence-corrected chi connectivity index (χ1v) is 9.84. The van der Waals surface area contributed by atoms with Crippen LogP contribution in [0.5, 0.6) is 5.75 Å². The van der Waals surface area contributed by atoms with Crippen molar-refractivity contribution in [3.8, 4) is 5.75 Å². The number of carbonyl (C=O) groups is 1. The molecule has 2 N–H and O–H groups in total. The standard InChI is InChI=1S/C22H35NO3/c1-16(10-13-24)22(11-7-12-22)15-23-20(25)17(2)26-19-9-6-8-18(14-19)21(3,4)5/h6,8-9,14,16-17,24H,7,10-13,15H2,1-5H3,(H,23,25)/t16-,17-/m1/s1. The third-order valence-electron chi connectivity index (χ3n) is 5.95. The van der Waals surface area contributed by atoms with E-state index in [-0.39, 0.29) is 23.3 Å². The van der Waals surface area contributed by atoms with Crippen LogP contribution >= 0.6 is 0 Å². The Morgan fingerprint density at radius 3 is 2.54 bits per heavy atom. The molecule has 4 heteroatoms. The third-order valence-corrected chi connectivity index (χ3v) is 5.95. The molecule has 0 aliphatic heterocycles. The first kappa shape index (κ1) is 20.8. The van der Waals surface area contributed by atoms with Crippen molar-refractivity contribution in [3.05, 3.63) is 29.8 Å². The van der Waals surface area contributed by atoms with Gasteiger partial charge in [-0.25, -0.2) is 0 Å². The fourth-order valence-corrected chi connectivity index (χ4v) is 3.67. The summed E-state index contributed by atoms with van der Waals surface area (Å²) < 4.78 is 5.88. The van der Waals surface area contributed by atoms with Crippen LogP contribution in [-0.2, 0) is 10.2 Å². The Morgan fingerprint density at radius 2 is 2.00 bits per heavy atom. The van der Waals surface area contributed by atoms with Gasteiger partial charge in [-0.1, -0.05) is 46.2 Å². The van der Waals surface area contributed by atoms with Gasteiger partial charge >= 0.3 is 0 Å². The molecule has 0 spiro atoms. The third kappa shape index (κ3) is 5.00. The first-order valence-electron chi connectivity index (χ1n) is 9.84. The Morgan fingerprint density at radius 1 is 1.31 bits per heavy atom. The van der Waals surface area contributed by atoms with Gasteiger partial charge in [-0.2, -0.15) is 0 Å². The monoisotopic (exact) mass is 361 g/mol. The molecule has 0 aromatic heterocycles. The number of aliphatic hydroxyl groups is 1. The van der Waals surface area contributed by atoms with Crippen molar-refractivity contribution >= 4 is 5.91 Å². The molecule has 1 aliphatic rings. The van der Waals surface area contributed by atoms with Crippen molar-refractivity contribution < 1.29 is 14.6 Å². The molecule has 0 heterocycles. The van der Waals surface area contributed by atoms with Gasteiger partial charge in [0.1, 0.15) is 5.75 Å². The highest BCUT2D eigenvalue weighted by Gasteiger charge is 2.41. The smallest absolute Gasteiger partial charge is 0.260 e. The summed E-state index contributed by atoms with van der Waals surface area (Å²) in [7, 11) is 0. The van der Waals surface area contributed by atoms with Crippen LogP contribution in [0.25, 0.3) is 0 Å². The molecule has 1 aliphatic carbocycles. The van der Waals surface area contributed by atoms with Crippen molar-refractivity contribution in [2.24, 2.45) is 11.3 Å². The van der Waals surface area contributed by atoms with E-state index in [0.717, 1.165) is 25.0 Å². The van der Waals surface area contributed by atoms with Crippen LogP contribution in [0.2, 0.25) is 0 Å². The van der Waals surface area contributed by atoms with Crippen LogP contribution in [0.3, 0.4) is 0 Å². The summed E-state index contributed by atoms with van der Waals surface area (Å²) in [6.07, 6.45) is 3.71. The van der Waals surface area contributed by atoms with Crippen LogP contribution in [0, 0.1) is 11.3 Å². The normalized spacial score (nSPS) is 18.5. The Bertz CT molecular complexity index is 602. The van der Waals surface area contributed by atoms with Gasteiger partial charge in [-0.05, 0) is 60.6 Å². The summed E-state index contributed by atoms with van der Waals surface area (Å²) in [5.41, 5.74) is 1.38. The number of amides is 1. The first-order chi connectivity index (χ1) is 12.2. The number of ether oxygens (including phenoxy) is 1. The maximum Gasteiger partial charge on any atom is 0.260 e. The van der Waals surface area contributed by atoms with Crippen LogP contribution in [0.15, 0.2) is 24.3 Å². The number of nitrogens with one attached hydrogen (secondary N) is 1. The summed E-state index contributed by atoms with van der Waals surface area (Å²) in [5, 5.41) is 12.3. The Labute approximate surface area is 158 Å². The largest absolute Gasteiger partial charge is 0.481 e. The minimum atomic E-state index is -0.532. The predicted octanol–water partition coefficient (Wildman–Crippen LogP) is 4.06. The zero-order chi connectivity index (χ0) is 19.4. The average Bonchev–Trinajstić information content (AvgIpc) is 2.53. The number of rotatable bonds is 8. The summed E-state index contributed by atoms with van der Waals surface area (Å²) in [6.45, 7) is 11.3. The second-order valence-electron chi connectivity index (χ2n) is 8.88. The lowest BCUT2D eigenvalue weighted by Gasteiger charge is -2.47. The zero-order valence-electron chi connectivity index (χ0n) is 17.0. The molecular weight excluding hydrogens is 326 g/mol. The minimum absolute atomic E-state index is 0.0459. The molecule has 0 bridgehead atoms. The fourth-order valence-electron chi connectivity index (χ4n) is 3.67. The lowest BCUT2D eigenvalue weighted by Crippen LogP contribution is -2.49. The van der Waals surface area contributed by atoms with E-state index in [0.29, 0.717) is 12.5 Å². The lowest BCUT2D eigenvalue weighted by atomic mass is 9.60. The molecule has 26 heavy (non-hydrogen) atoms. The van der Waals surface area contributed by atoms with Gasteiger partial charge in [0.2, 0.25) is 0 Å². The molecule has 4 nitrogen and oxygen atoms in total. The van der Waals surface area contributed by atoms with Gasteiger partial charge in [-0.3, -0.25) is 4.79 Å². The van der Waals surface area contributed by atoms with Crippen LogP contribution in [0.4, 0.5) is 0 Å². The fraction of sp³-hybridized carbons (Fsp3) is 0.682. The molecule has 1 fully saturated rings. The van der Waals surface area contributed by atoms with E-state index in [1.807, 2.05) is 18.2 Å². The lowest BCUT2D eigenvalue weighted by molar-refractivity contribution is -0.128. The van der Waals surface area contributed by atoms with Gasteiger partial charge in [0.15, 0.2) is 6.10 Å². The van der Waals surface area contributed by atoms with Gasteiger partial charge in [0, 0.05) is 13.2 Å². The molecule has 1 aromatic rings. The van der Waals surface area contributed by atoms with Gasteiger partial charge in [0.25, 0.3) is 5.91 Å². The highest BCUT2D eigenvalue weighted by Crippen LogP contribution is 2.47. The number of hydrogen-bond donors (Lipinski definition) is 2.